The smallest absolute Gasteiger partial charge is 0.273 e. The van der Waals surface area contributed by atoms with Crippen LogP contribution in [0.5, 0.6) is 0 Å². The molecule has 0 radical (unpaired) electrons. The van der Waals surface area contributed by atoms with Crippen molar-refractivity contribution in [2.45, 2.75) is 19.4 Å². The first-order valence-electron chi connectivity index (χ1n) is 5.56. The lowest BCUT2D eigenvalue weighted by Crippen LogP contribution is -2.34. The number of halogens is 1. The monoisotopic (exact) mass is 308 g/mol. The molecule has 0 spiro atoms. The molecule has 1 atom stereocenters. The highest BCUT2D eigenvalue weighted by Crippen LogP contribution is 2.11. The lowest BCUT2D eigenvalue weighted by molar-refractivity contribution is 0.0935. The van der Waals surface area contributed by atoms with Gasteiger partial charge in [-0.05, 0) is 31.0 Å². The number of aromatic amines is 1. The zero-order chi connectivity index (χ0) is 13.0. The molecule has 0 aliphatic rings. The van der Waals surface area contributed by atoms with Gasteiger partial charge >= 0.3 is 0 Å². The average Bonchev–Trinajstić information content (AvgIpc) is 2.85. The molecule has 1 amide bonds. The molecule has 0 aliphatic carbocycles. The fourth-order valence-electron chi connectivity index (χ4n) is 1.63. The number of hydrogen-bond donors (Lipinski definition) is 2. The van der Waals surface area contributed by atoms with Gasteiger partial charge in [-0.25, -0.2) is 0 Å². The fourth-order valence-corrected chi connectivity index (χ4v) is 1.90. The Morgan fingerprint density at radius 3 is 2.78 bits per heavy atom. The lowest BCUT2D eigenvalue weighted by Gasteiger charge is -2.12. The normalized spacial score (nSPS) is 12.1. The minimum atomic E-state index is -0.214. The Morgan fingerprint density at radius 1 is 1.44 bits per heavy atom. The second kappa shape index (κ2) is 5.77. The zero-order valence-electron chi connectivity index (χ0n) is 9.85. The maximum atomic E-state index is 11.7. The standard InChI is InChI=1S/C12H13BrN4O/c1-8(6-9-2-4-10(13)5-3-9)15-12(18)11-7-14-17-16-11/h2-5,7-8H,6H2,1H3,(H,15,18)(H,14,16,17). The largest absolute Gasteiger partial charge is 0.348 e. The van der Waals surface area contributed by atoms with Crippen LogP contribution in [0.25, 0.3) is 0 Å². The van der Waals surface area contributed by atoms with Crippen LogP contribution in [0.4, 0.5) is 0 Å². The Labute approximate surface area is 113 Å². The van der Waals surface area contributed by atoms with Crippen LogP contribution in [0.1, 0.15) is 23.0 Å². The molecule has 0 bridgehead atoms. The Hall–Kier alpha value is -1.69. The second-order valence-corrected chi connectivity index (χ2v) is 4.98. The third-order valence-corrected chi connectivity index (χ3v) is 3.01. The molecule has 1 heterocycles. The predicted octanol–water partition coefficient (Wildman–Crippen LogP) is 1.93. The Kier molecular flexibility index (Phi) is 4.09. The third kappa shape index (κ3) is 3.40. The molecule has 2 aromatic rings. The summed E-state index contributed by atoms with van der Waals surface area (Å²) in [4.78, 5) is 11.7. The number of carbonyl (C=O) groups is 1. The van der Waals surface area contributed by atoms with Crippen LogP contribution in [0.15, 0.2) is 34.9 Å². The highest BCUT2D eigenvalue weighted by molar-refractivity contribution is 9.10. The van der Waals surface area contributed by atoms with Gasteiger partial charge in [0.15, 0.2) is 5.69 Å². The van der Waals surface area contributed by atoms with Crippen molar-refractivity contribution < 1.29 is 4.79 Å². The predicted molar refractivity (Wildman–Crippen MR) is 71.2 cm³/mol. The van der Waals surface area contributed by atoms with Crippen molar-refractivity contribution in [1.29, 1.82) is 0 Å². The molecule has 0 aliphatic heterocycles. The maximum absolute atomic E-state index is 11.7. The van der Waals surface area contributed by atoms with E-state index >= 15 is 0 Å². The molecule has 0 saturated carbocycles. The van der Waals surface area contributed by atoms with Crippen LogP contribution in [0, 0.1) is 0 Å². The van der Waals surface area contributed by atoms with E-state index in [1.807, 2.05) is 31.2 Å². The number of benzene rings is 1. The number of nitrogens with one attached hydrogen (secondary N) is 2. The van der Waals surface area contributed by atoms with E-state index < -0.39 is 0 Å². The molecular formula is C12H13BrN4O. The van der Waals surface area contributed by atoms with Gasteiger partial charge in [-0.15, -0.1) is 0 Å². The topological polar surface area (TPSA) is 70.7 Å². The summed E-state index contributed by atoms with van der Waals surface area (Å²) in [7, 11) is 0. The zero-order valence-corrected chi connectivity index (χ0v) is 11.4. The first-order valence-corrected chi connectivity index (χ1v) is 6.35. The highest BCUT2D eigenvalue weighted by Gasteiger charge is 2.12. The van der Waals surface area contributed by atoms with Crippen LogP contribution in [0.2, 0.25) is 0 Å². The highest BCUT2D eigenvalue weighted by atomic mass is 79.9. The maximum Gasteiger partial charge on any atom is 0.273 e. The van der Waals surface area contributed by atoms with E-state index in [0.29, 0.717) is 5.69 Å². The first-order chi connectivity index (χ1) is 8.65. The number of H-pyrrole nitrogens is 1. The van der Waals surface area contributed by atoms with Gasteiger partial charge in [0.25, 0.3) is 5.91 Å². The summed E-state index contributed by atoms with van der Waals surface area (Å²) >= 11 is 3.39. The summed E-state index contributed by atoms with van der Waals surface area (Å²) in [6, 6.07) is 8.07. The van der Waals surface area contributed by atoms with Gasteiger partial charge in [0.2, 0.25) is 0 Å². The SMILES string of the molecule is CC(Cc1ccc(Br)cc1)NC(=O)c1cn[nH]n1. The minimum absolute atomic E-state index is 0.0374. The van der Waals surface area contributed by atoms with Crippen LogP contribution in [-0.2, 0) is 6.42 Å². The summed E-state index contributed by atoms with van der Waals surface area (Å²) in [5.41, 5.74) is 1.48. The molecule has 1 aromatic heterocycles. The molecule has 6 heteroatoms. The third-order valence-electron chi connectivity index (χ3n) is 2.48. The Bertz CT molecular complexity index is 509. The van der Waals surface area contributed by atoms with Gasteiger partial charge in [0, 0.05) is 10.5 Å². The van der Waals surface area contributed by atoms with Crippen LogP contribution < -0.4 is 5.32 Å². The summed E-state index contributed by atoms with van der Waals surface area (Å²) in [5.74, 6) is -0.214. The second-order valence-electron chi connectivity index (χ2n) is 4.06. The number of nitrogens with zero attached hydrogens (tertiary/aromatic N) is 2. The van der Waals surface area contributed by atoms with Crippen molar-refractivity contribution in [1.82, 2.24) is 20.7 Å². The number of carbonyl (C=O) groups excluding carboxylic acids is 1. The van der Waals surface area contributed by atoms with Gasteiger partial charge < -0.3 is 5.32 Å². The van der Waals surface area contributed by atoms with E-state index in [9.17, 15) is 4.79 Å². The van der Waals surface area contributed by atoms with E-state index in [2.05, 4.69) is 36.7 Å². The summed E-state index contributed by atoms with van der Waals surface area (Å²) in [5, 5.41) is 12.6. The molecule has 5 nitrogen and oxygen atoms in total. The van der Waals surface area contributed by atoms with Gasteiger partial charge in [-0.1, -0.05) is 28.1 Å². The minimum Gasteiger partial charge on any atom is -0.348 e. The summed E-state index contributed by atoms with van der Waals surface area (Å²) in [6.45, 7) is 1.96. The molecule has 0 fully saturated rings. The van der Waals surface area contributed by atoms with E-state index in [1.54, 1.807) is 0 Å². The number of hydrogen-bond acceptors (Lipinski definition) is 3. The average molecular weight is 309 g/mol. The number of aromatic nitrogens is 3. The molecule has 94 valence electrons. The van der Waals surface area contributed by atoms with Gasteiger partial charge in [0.05, 0.1) is 6.20 Å². The molecule has 2 rings (SSSR count). The van der Waals surface area contributed by atoms with Crippen molar-refractivity contribution in [2.75, 3.05) is 0 Å². The van der Waals surface area contributed by atoms with E-state index in [-0.39, 0.29) is 11.9 Å². The van der Waals surface area contributed by atoms with E-state index in [0.717, 1.165) is 10.9 Å². The Morgan fingerprint density at radius 2 is 2.17 bits per heavy atom. The van der Waals surface area contributed by atoms with Crippen LogP contribution in [-0.4, -0.2) is 27.4 Å². The van der Waals surface area contributed by atoms with Crippen molar-refractivity contribution in [3.05, 3.63) is 46.2 Å². The molecule has 18 heavy (non-hydrogen) atoms. The van der Waals surface area contributed by atoms with Crippen LogP contribution in [0.3, 0.4) is 0 Å². The van der Waals surface area contributed by atoms with Crippen molar-refractivity contribution in [3.63, 3.8) is 0 Å². The van der Waals surface area contributed by atoms with Crippen molar-refractivity contribution in [3.8, 4) is 0 Å². The molecule has 0 saturated heterocycles. The van der Waals surface area contributed by atoms with E-state index in [1.165, 1.54) is 11.8 Å². The van der Waals surface area contributed by atoms with E-state index in [4.69, 9.17) is 0 Å². The molecule has 1 unspecified atom stereocenters. The molecular weight excluding hydrogens is 296 g/mol. The summed E-state index contributed by atoms with van der Waals surface area (Å²) in [6.07, 6.45) is 2.18. The number of amides is 1. The molecule has 1 aromatic carbocycles. The van der Waals surface area contributed by atoms with Gasteiger partial charge in [-0.3, -0.25) is 4.79 Å². The number of rotatable bonds is 4. The molecule has 2 N–H and O–H groups in total. The first kappa shape index (κ1) is 12.8. The van der Waals surface area contributed by atoms with Gasteiger partial charge in [0.1, 0.15) is 0 Å². The van der Waals surface area contributed by atoms with Crippen molar-refractivity contribution >= 4 is 21.8 Å². The van der Waals surface area contributed by atoms with Crippen molar-refractivity contribution in [2.24, 2.45) is 0 Å². The quantitative estimate of drug-likeness (QED) is 0.906. The lowest BCUT2D eigenvalue weighted by atomic mass is 10.1. The van der Waals surface area contributed by atoms with Gasteiger partial charge in [-0.2, -0.15) is 15.4 Å². The summed E-state index contributed by atoms with van der Waals surface area (Å²) < 4.78 is 1.05. The Balaban J connectivity index is 1.90. The fraction of sp³-hybridized carbons (Fsp3) is 0.250. The van der Waals surface area contributed by atoms with Crippen LogP contribution >= 0.6 is 15.9 Å².